The van der Waals surface area contributed by atoms with Gasteiger partial charge in [0.1, 0.15) is 41.4 Å². The van der Waals surface area contributed by atoms with Crippen LogP contribution in [0.25, 0.3) is 0 Å². The smallest absolute Gasteiger partial charge is 0.298 e. The maximum atomic E-state index is 12.8. The summed E-state index contributed by atoms with van der Waals surface area (Å²) in [5.41, 5.74) is 0.0801. The Bertz CT molecular complexity index is 887. The van der Waals surface area contributed by atoms with Crippen LogP contribution >= 0.6 is 0 Å². The predicted octanol–water partition coefficient (Wildman–Crippen LogP) is 10.0. The van der Waals surface area contributed by atoms with Crippen molar-refractivity contribution in [1.29, 1.82) is 0 Å². The first-order valence-corrected chi connectivity index (χ1v) is 15.9. The van der Waals surface area contributed by atoms with Gasteiger partial charge in [0.2, 0.25) is 0 Å². The van der Waals surface area contributed by atoms with E-state index < -0.39 is 30.4 Å². The van der Waals surface area contributed by atoms with E-state index in [9.17, 15) is 23.4 Å². The standard InChI is InChI=1S/C11H20O2.C9H10F2O2.C9H17FO2.3C2H6/c1-5-9(13-8(2)3)10(12)11(4)6-7-11;1-3-9(10,11)8(12)7-5-4-6(2)13-7;1-5-8(12-6(2)3)9(11)7(4)10;3*1-2/h5,8,10,12H,6-7H2,1-4H3;3-5,8,12H,1H2,2H3;5-7,9,11H,1-4H3;3*1-2H3/b9-5-;;8-5-;;;. The van der Waals surface area contributed by atoms with E-state index in [1.165, 1.54) is 19.1 Å². The summed E-state index contributed by atoms with van der Waals surface area (Å²) in [5.74, 6) is -1.99. The SMILES string of the molecule is C/C=C(\OC(C)C)C(O)C(C)F.C/C=C(\OC(C)C)C(O)C1(C)CC1.C=CC(F)(F)C(O)c1ccc(C)o1.CC.CC.CC. The van der Waals surface area contributed by atoms with Crippen LogP contribution < -0.4 is 0 Å². The van der Waals surface area contributed by atoms with Gasteiger partial charge in [-0.3, -0.25) is 0 Å². The van der Waals surface area contributed by atoms with Gasteiger partial charge in [-0.2, -0.15) is 8.78 Å². The third-order valence-electron chi connectivity index (χ3n) is 5.67. The molecule has 1 fully saturated rings. The van der Waals surface area contributed by atoms with Crippen molar-refractivity contribution in [2.75, 3.05) is 0 Å². The topological polar surface area (TPSA) is 92.3 Å². The number of furan rings is 1. The Labute approximate surface area is 267 Å². The molecule has 0 aromatic carbocycles. The summed E-state index contributed by atoms with van der Waals surface area (Å²) in [4.78, 5) is 0. The molecule has 0 amide bonds. The van der Waals surface area contributed by atoms with Crippen molar-refractivity contribution >= 4 is 0 Å². The number of hydrogen-bond acceptors (Lipinski definition) is 6. The number of halogens is 3. The Hall–Kier alpha value is -2.23. The lowest BCUT2D eigenvalue weighted by Gasteiger charge is -2.23. The van der Waals surface area contributed by atoms with E-state index in [-0.39, 0.29) is 23.4 Å². The van der Waals surface area contributed by atoms with Gasteiger partial charge in [0.25, 0.3) is 5.92 Å². The number of aryl methyl sites for hydroxylation is 1. The molecule has 1 aliphatic carbocycles. The van der Waals surface area contributed by atoms with Crippen LogP contribution in [0.4, 0.5) is 13.2 Å². The molecule has 0 spiro atoms. The molecule has 4 atom stereocenters. The van der Waals surface area contributed by atoms with Crippen molar-refractivity contribution in [2.45, 2.75) is 159 Å². The van der Waals surface area contributed by atoms with Gasteiger partial charge >= 0.3 is 0 Å². The predicted molar refractivity (Wildman–Crippen MR) is 177 cm³/mol. The van der Waals surface area contributed by atoms with Crippen LogP contribution in [0, 0.1) is 12.3 Å². The van der Waals surface area contributed by atoms with Gasteiger partial charge in [0.05, 0.1) is 12.2 Å². The number of aliphatic hydroxyl groups is 3. The van der Waals surface area contributed by atoms with E-state index in [0.29, 0.717) is 17.6 Å². The lowest BCUT2D eigenvalue weighted by molar-refractivity contribution is -0.0805. The second-order valence-electron chi connectivity index (χ2n) is 10.1. The molecular formula is C35H65F3O6. The Morgan fingerprint density at radius 2 is 1.30 bits per heavy atom. The van der Waals surface area contributed by atoms with Crippen molar-refractivity contribution in [1.82, 2.24) is 0 Å². The zero-order valence-electron chi connectivity index (χ0n) is 30.2. The zero-order valence-corrected chi connectivity index (χ0v) is 30.2. The molecule has 3 N–H and O–H groups in total. The molecule has 262 valence electrons. The molecule has 1 heterocycles. The van der Waals surface area contributed by atoms with Crippen molar-refractivity contribution in [2.24, 2.45) is 5.41 Å². The number of aliphatic hydroxyl groups excluding tert-OH is 3. The average Bonchev–Trinajstić information content (AvgIpc) is 3.62. The zero-order chi connectivity index (χ0) is 35.8. The van der Waals surface area contributed by atoms with Crippen molar-refractivity contribution in [3.63, 3.8) is 0 Å². The van der Waals surface area contributed by atoms with Crippen LogP contribution in [0.15, 0.2) is 52.9 Å². The maximum Gasteiger partial charge on any atom is 0.298 e. The molecule has 0 aliphatic heterocycles. The fourth-order valence-corrected chi connectivity index (χ4v) is 3.09. The first-order chi connectivity index (χ1) is 20.4. The molecule has 6 nitrogen and oxygen atoms in total. The van der Waals surface area contributed by atoms with Crippen LogP contribution in [0.2, 0.25) is 0 Å². The largest absolute Gasteiger partial charge is 0.493 e. The third kappa shape index (κ3) is 19.9. The molecular weight excluding hydrogens is 573 g/mol. The van der Waals surface area contributed by atoms with E-state index in [4.69, 9.17) is 19.0 Å². The Morgan fingerprint density at radius 3 is 1.57 bits per heavy atom. The first-order valence-electron chi connectivity index (χ1n) is 15.9. The summed E-state index contributed by atoms with van der Waals surface area (Å²) in [7, 11) is 0. The molecule has 1 aromatic heterocycles. The molecule has 0 saturated heterocycles. The van der Waals surface area contributed by atoms with Crippen LogP contribution in [-0.4, -0.2) is 51.8 Å². The van der Waals surface area contributed by atoms with Gasteiger partial charge in [0, 0.05) is 5.41 Å². The lowest BCUT2D eigenvalue weighted by Crippen LogP contribution is -2.24. The molecule has 4 unspecified atom stereocenters. The van der Waals surface area contributed by atoms with Crippen LogP contribution in [0.1, 0.15) is 127 Å². The number of hydrogen-bond donors (Lipinski definition) is 3. The lowest BCUT2D eigenvalue weighted by atomic mass is 10.00. The van der Waals surface area contributed by atoms with Crippen LogP contribution in [-0.2, 0) is 9.47 Å². The highest BCUT2D eigenvalue weighted by Crippen LogP contribution is 2.50. The molecule has 1 aliphatic rings. The number of rotatable bonds is 11. The minimum atomic E-state index is -3.36. The Morgan fingerprint density at radius 1 is 0.886 bits per heavy atom. The molecule has 1 aromatic rings. The van der Waals surface area contributed by atoms with E-state index in [1.54, 1.807) is 19.9 Å². The maximum absolute atomic E-state index is 12.8. The van der Waals surface area contributed by atoms with Gasteiger partial charge in [-0.15, -0.1) is 0 Å². The van der Waals surface area contributed by atoms with Crippen LogP contribution in [0.3, 0.4) is 0 Å². The highest BCUT2D eigenvalue weighted by atomic mass is 19.3. The minimum Gasteiger partial charge on any atom is -0.493 e. The van der Waals surface area contributed by atoms with E-state index >= 15 is 0 Å². The van der Waals surface area contributed by atoms with Crippen LogP contribution in [0.5, 0.6) is 0 Å². The van der Waals surface area contributed by atoms with E-state index in [1.807, 2.05) is 82.2 Å². The number of allylic oxidation sites excluding steroid dienone is 2. The second kappa shape index (κ2) is 26.0. The van der Waals surface area contributed by atoms with Gasteiger partial charge in [-0.05, 0) is 98.6 Å². The monoisotopic (exact) mass is 638 g/mol. The highest BCUT2D eigenvalue weighted by molar-refractivity contribution is 5.13. The van der Waals surface area contributed by atoms with Crippen molar-refractivity contribution in [3.05, 3.63) is 60.0 Å². The third-order valence-corrected chi connectivity index (χ3v) is 5.67. The summed E-state index contributed by atoms with van der Waals surface area (Å²) in [6.45, 7) is 31.2. The summed E-state index contributed by atoms with van der Waals surface area (Å²) >= 11 is 0. The van der Waals surface area contributed by atoms with Crippen molar-refractivity contribution in [3.8, 4) is 0 Å². The molecule has 0 radical (unpaired) electrons. The van der Waals surface area contributed by atoms with Crippen molar-refractivity contribution < 1.29 is 42.4 Å². The van der Waals surface area contributed by atoms with Gasteiger partial charge in [0.15, 0.2) is 6.10 Å². The Kier molecular flexibility index (Phi) is 28.8. The highest BCUT2D eigenvalue weighted by Gasteiger charge is 2.46. The molecule has 44 heavy (non-hydrogen) atoms. The number of ether oxygens (including phenoxy) is 2. The summed E-state index contributed by atoms with van der Waals surface area (Å²) in [6.07, 6.45) is 1.35. The molecule has 9 heteroatoms. The van der Waals surface area contributed by atoms with Gasteiger partial charge in [-0.25, -0.2) is 4.39 Å². The molecule has 2 rings (SSSR count). The second-order valence-corrected chi connectivity index (χ2v) is 10.1. The molecule has 1 saturated carbocycles. The minimum absolute atomic E-state index is 0.0374. The fourth-order valence-electron chi connectivity index (χ4n) is 3.09. The van der Waals surface area contributed by atoms with Gasteiger partial charge in [-0.1, -0.05) is 55.0 Å². The number of alkyl halides is 3. The molecule has 0 bridgehead atoms. The van der Waals surface area contributed by atoms with E-state index in [0.717, 1.165) is 18.6 Å². The fraction of sp³-hybridized carbons (Fsp3) is 0.714. The van der Waals surface area contributed by atoms with Gasteiger partial charge < -0.3 is 29.2 Å². The quantitative estimate of drug-likeness (QED) is 0.165. The Balaban J connectivity index is -0.000000251. The average molecular weight is 639 g/mol. The summed E-state index contributed by atoms with van der Waals surface area (Å²) < 4.78 is 53.8. The first kappa shape index (κ1) is 48.7. The normalized spacial score (nSPS) is 16.2. The summed E-state index contributed by atoms with van der Waals surface area (Å²) in [5, 5.41) is 28.4. The summed E-state index contributed by atoms with van der Waals surface area (Å²) in [6, 6.07) is 2.83. The van der Waals surface area contributed by atoms with E-state index in [2.05, 4.69) is 13.5 Å².